The lowest BCUT2D eigenvalue weighted by atomic mass is 10.0. The van der Waals surface area contributed by atoms with Crippen molar-refractivity contribution in [3.8, 4) is 0 Å². The predicted octanol–water partition coefficient (Wildman–Crippen LogP) is 2.30. The number of carbonyl (C=O) groups is 2. The molecule has 0 N–H and O–H groups in total. The highest BCUT2D eigenvalue weighted by molar-refractivity contribution is 6.40. The van der Waals surface area contributed by atoms with Crippen LogP contribution in [-0.2, 0) is 16.0 Å². The van der Waals surface area contributed by atoms with E-state index in [1.54, 1.807) is 19.1 Å². The summed E-state index contributed by atoms with van der Waals surface area (Å²) in [6.45, 7) is 5.88. The Morgan fingerprint density at radius 1 is 1.25 bits per heavy atom. The fraction of sp³-hybridized carbons (Fsp3) is 0.385. The Labute approximate surface area is 95.4 Å². The van der Waals surface area contributed by atoms with Gasteiger partial charge in [-0.05, 0) is 37.5 Å². The number of ketones is 1. The summed E-state index contributed by atoms with van der Waals surface area (Å²) >= 11 is 0. The molecule has 1 aromatic carbocycles. The van der Waals surface area contributed by atoms with Gasteiger partial charge in [-0.15, -0.1) is 0 Å². The highest BCUT2D eigenvalue weighted by Gasteiger charge is 2.17. The summed E-state index contributed by atoms with van der Waals surface area (Å²) in [5.74, 6) is -1.36. The van der Waals surface area contributed by atoms with E-state index in [9.17, 15) is 9.59 Å². The van der Waals surface area contributed by atoms with Crippen LogP contribution in [0, 0.1) is 6.92 Å². The van der Waals surface area contributed by atoms with Crippen molar-refractivity contribution < 1.29 is 14.3 Å². The van der Waals surface area contributed by atoms with Crippen molar-refractivity contribution >= 4 is 11.8 Å². The minimum absolute atomic E-state index is 0.219. The quantitative estimate of drug-likeness (QED) is 0.444. The number of hydrogen-bond donors (Lipinski definition) is 0. The number of aryl methyl sites for hydroxylation is 2. The van der Waals surface area contributed by atoms with Gasteiger partial charge in [0, 0.05) is 5.56 Å². The highest BCUT2D eigenvalue weighted by Crippen LogP contribution is 2.12. The van der Waals surface area contributed by atoms with Crippen molar-refractivity contribution in [2.45, 2.75) is 27.2 Å². The Balaban J connectivity index is 2.93. The highest BCUT2D eigenvalue weighted by atomic mass is 16.5. The molecule has 0 radical (unpaired) electrons. The maximum Gasteiger partial charge on any atom is 0.379 e. The second kappa shape index (κ2) is 5.45. The maximum absolute atomic E-state index is 11.6. The third kappa shape index (κ3) is 2.69. The van der Waals surface area contributed by atoms with Crippen LogP contribution >= 0.6 is 0 Å². The molecule has 0 spiro atoms. The molecule has 1 aromatic rings. The van der Waals surface area contributed by atoms with Gasteiger partial charge in [0.25, 0.3) is 5.78 Å². The van der Waals surface area contributed by atoms with E-state index >= 15 is 0 Å². The summed E-state index contributed by atoms with van der Waals surface area (Å²) < 4.78 is 4.67. The molecule has 16 heavy (non-hydrogen) atoms. The molecule has 0 saturated heterocycles. The van der Waals surface area contributed by atoms with E-state index in [2.05, 4.69) is 11.7 Å². The molecular weight excluding hydrogens is 204 g/mol. The first-order valence-corrected chi connectivity index (χ1v) is 5.41. The Bertz CT molecular complexity index is 408. The largest absolute Gasteiger partial charge is 0.460 e. The van der Waals surface area contributed by atoms with Crippen molar-refractivity contribution in [3.63, 3.8) is 0 Å². The summed E-state index contributed by atoms with van der Waals surface area (Å²) in [5, 5.41) is 0. The SMILES string of the molecule is CCOC(=O)C(=O)c1ccc(CC)c(C)c1. The maximum atomic E-state index is 11.6. The van der Waals surface area contributed by atoms with E-state index in [4.69, 9.17) is 0 Å². The van der Waals surface area contributed by atoms with E-state index in [-0.39, 0.29) is 6.61 Å². The van der Waals surface area contributed by atoms with Crippen LogP contribution in [0.4, 0.5) is 0 Å². The fourth-order valence-electron chi connectivity index (χ4n) is 1.55. The van der Waals surface area contributed by atoms with Crippen LogP contribution in [0.15, 0.2) is 18.2 Å². The van der Waals surface area contributed by atoms with Crippen LogP contribution in [0.3, 0.4) is 0 Å². The predicted molar refractivity (Wildman–Crippen MR) is 61.5 cm³/mol. The molecule has 0 aromatic heterocycles. The van der Waals surface area contributed by atoms with E-state index < -0.39 is 11.8 Å². The topological polar surface area (TPSA) is 43.4 Å². The minimum atomic E-state index is -0.786. The normalized spacial score (nSPS) is 9.94. The molecule has 1 rings (SSSR count). The van der Waals surface area contributed by atoms with Crippen LogP contribution in [0.5, 0.6) is 0 Å². The van der Waals surface area contributed by atoms with Crippen molar-refractivity contribution in [1.29, 1.82) is 0 Å². The molecule has 3 heteroatoms. The second-order valence-corrected chi connectivity index (χ2v) is 3.54. The van der Waals surface area contributed by atoms with Gasteiger partial charge < -0.3 is 4.74 Å². The molecule has 0 saturated carbocycles. The first-order chi connectivity index (χ1) is 7.60. The van der Waals surface area contributed by atoms with Gasteiger partial charge in [-0.2, -0.15) is 0 Å². The molecule has 3 nitrogen and oxygen atoms in total. The van der Waals surface area contributed by atoms with Crippen molar-refractivity contribution in [3.05, 3.63) is 34.9 Å². The van der Waals surface area contributed by atoms with Crippen LogP contribution < -0.4 is 0 Å². The standard InChI is InChI=1S/C13H16O3/c1-4-10-6-7-11(8-9(10)3)12(14)13(15)16-5-2/h6-8H,4-5H2,1-3H3. The van der Waals surface area contributed by atoms with E-state index in [1.807, 2.05) is 13.0 Å². The van der Waals surface area contributed by atoms with E-state index in [1.165, 1.54) is 5.56 Å². The Hall–Kier alpha value is -1.64. The smallest absolute Gasteiger partial charge is 0.379 e. The molecule has 0 aliphatic carbocycles. The summed E-state index contributed by atoms with van der Waals surface area (Å²) in [6.07, 6.45) is 0.916. The summed E-state index contributed by atoms with van der Waals surface area (Å²) in [6, 6.07) is 5.28. The molecule has 0 amide bonds. The van der Waals surface area contributed by atoms with Crippen LogP contribution in [0.1, 0.15) is 35.3 Å². The first-order valence-electron chi connectivity index (χ1n) is 5.41. The van der Waals surface area contributed by atoms with Gasteiger partial charge in [-0.1, -0.05) is 19.1 Å². The number of rotatable bonds is 4. The molecular formula is C13H16O3. The van der Waals surface area contributed by atoms with Gasteiger partial charge in [0.15, 0.2) is 0 Å². The van der Waals surface area contributed by atoms with Crippen molar-refractivity contribution in [1.82, 2.24) is 0 Å². The lowest BCUT2D eigenvalue weighted by Crippen LogP contribution is -2.17. The number of ether oxygens (including phenoxy) is 1. The fourth-order valence-corrected chi connectivity index (χ4v) is 1.55. The molecule has 86 valence electrons. The van der Waals surface area contributed by atoms with Crippen molar-refractivity contribution in [2.24, 2.45) is 0 Å². The zero-order valence-electron chi connectivity index (χ0n) is 9.87. The summed E-state index contributed by atoms with van der Waals surface area (Å²) in [4.78, 5) is 22.8. The summed E-state index contributed by atoms with van der Waals surface area (Å²) in [5.41, 5.74) is 2.60. The van der Waals surface area contributed by atoms with Gasteiger partial charge in [-0.25, -0.2) is 4.79 Å². The lowest BCUT2D eigenvalue weighted by molar-refractivity contribution is -0.137. The Morgan fingerprint density at radius 3 is 2.44 bits per heavy atom. The zero-order chi connectivity index (χ0) is 12.1. The third-order valence-electron chi connectivity index (χ3n) is 2.45. The Morgan fingerprint density at radius 2 is 1.94 bits per heavy atom. The van der Waals surface area contributed by atoms with Gasteiger partial charge in [-0.3, -0.25) is 4.79 Å². The molecule has 0 aliphatic rings. The average Bonchev–Trinajstić information content (AvgIpc) is 2.28. The van der Waals surface area contributed by atoms with Crippen LogP contribution in [0.2, 0.25) is 0 Å². The number of carbonyl (C=O) groups excluding carboxylic acids is 2. The van der Waals surface area contributed by atoms with Gasteiger partial charge in [0.2, 0.25) is 0 Å². The summed E-state index contributed by atoms with van der Waals surface area (Å²) in [7, 11) is 0. The number of esters is 1. The minimum Gasteiger partial charge on any atom is -0.460 e. The lowest BCUT2D eigenvalue weighted by Gasteiger charge is -2.05. The van der Waals surface area contributed by atoms with Crippen molar-refractivity contribution in [2.75, 3.05) is 6.61 Å². The van der Waals surface area contributed by atoms with E-state index in [0.29, 0.717) is 5.56 Å². The number of hydrogen-bond acceptors (Lipinski definition) is 3. The van der Waals surface area contributed by atoms with Gasteiger partial charge in [0.1, 0.15) is 0 Å². The molecule has 0 unspecified atom stereocenters. The number of Topliss-reactive ketones (excluding diaryl/α,β-unsaturated/α-hetero) is 1. The molecule has 0 fully saturated rings. The molecule has 0 heterocycles. The monoisotopic (exact) mass is 220 g/mol. The third-order valence-corrected chi connectivity index (χ3v) is 2.45. The molecule has 0 atom stereocenters. The molecule has 0 aliphatic heterocycles. The van der Waals surface area contributed by atoms with Crippen LogP contribution in [0.25, 0.3) is 0 Å². The Kier molecular flexibility index (Phi) is 4.23. The molecule has 0 bridgehead atoms. The second-order valence-electron chi connectivity index (χ2n) is 3.54. The van der Waals surface area contributed by atoms with Gasteiger partial charge in [0.05, 0.1) is 6.61 Å². The first kappa shape index (κ1) is 12.4. The zero-order valence-corrected chi connectivity index (χ0v) is 9.87. The van der Waals surface area contributed by atoms with E-state index in [0.717, 1.165) is 12.0 Å². The van der Waals surface area contributed by atoms with Crippen LogP contribution in [-0.4, -0.2) is 18.4 Å². The van der Waals surface area contributed by atoms with Gasteiger partial charge >= 0.3 is 5.97 Å². The average molecular weight is 220 g/mol. The number of benzene rings is 1.